The van der Waals surface area contributed by atoms with Gasteiger partial charge in [0.2, 0.25) is 0 Å². The van der Waals surface area contributed by atoms with Gasteiger partial charge in [0.1, 0.15) is 0 Å². The molecule has 2 rings (SSSR count). The van der Waals surface area contributed by atoms with Crippen LogP contribution in [-0.4, -0.2) is 24.0 Å². The molecule has 0 aliphatic heterocycles. The van der Waals surface area contributed by atoms with Crippen molar-refractivity contribution in [3.8, 4) is 0 Å². The Kier molecular flexibility index (Phi) is 5.26. The van der Waals surface area contributed by atoms with Crippen LogP contribution in [0.4, 0.5) is 0 Å². The highest BCUT2D eigenvalue weighted by Gasteiger charge is 2.09. The quantitative estimate of drug-likeness (QED) is 0.854. The Bertz CT molecular complexity index is 580. The maximum atomic E-state index is 12.2. The zero-order valence-corrected chi connectivity index (χ0v) is 12.4. The number of nitrogens with one attached hydrogen (secondary N) is 1. The van der Waals surface area contributed by atoms with E-state index in [1.807, 2.05) is 36.6 Å². The number of aryl methyl sites for hydroxylation is 1. The van der Waals surface area contributed by atoms with E-state index < -0.39 is 0 Å². The topological polar surface area (TPSA) is 68.0 Å². The van der Waals surface area contributed by atoms with Crippen molar-refractivity contribution in [2.45, 2.75) is 19.8 Å². The highest BCUT2D eigenvalue weighted by atomic mass is 32.1. The van der Waals surface area contributed by atoms with Crippen LogP contribution in [0, 0.1) is 6.92 Å². The normalized spacial score (nSPS) is 10.5. The molecular weight excluding hydrogens is 270 g/mol. The second-order valence-corrected chi connectivity index (χ2v) is 5.62. The molecule has 20 heavy (non-hydrogen) atoms. The molecule has 1 aromatic heterocycles. The van der Waals surface area contributed by atoms with Crippen molar-refractivity contribution in [3.63, 3.8) is 0 Å². The Labute approximate surface area is 123 Å². The summed E-state index contributed by atoms with van der Waals surface area (Å²) < 4.78 is 0. The van der Waals surface area contributed by atoms with Gasteiger partial charge in [0, 0.05) is 23.9 Å². The van der Waals surface area contributed by atoms with Crippen LogP contribution in [0.5, 0.6) is 0 Å². The molecule has 0 fully saturated rings. The number of aromatic nitrogens is 1. The maximum Gasteiger partial charge on any atom is 0.251 e. The van der Waals surface area contributed by atoms with Crippen LogP contribution >= 0.6 is 11.3 Å². The highest BCUT2D eigenvalue weighted by molar-refractivity contribution is 7.09. The lowest BCUT2D eigenvalue weighted by Crippen LogP contribution is -2.27. The third kappa shape index (κ3) is 3.88. The summed E-state index contributed by atoms with van der Waals surface area (Å²) in [6.45, 7) is 3.12. The zero-order chi connectivity index (χ0) is 14.4. The lowest BCUT2D eigenvalue weighted by atomic mass is 10.0. The summed E-state index contributed by atoms with van der Waals surface area (Å²) in [7, 11) is 0. The second-order valence-electron chi connectivity index (χ2n) is 4.56. The minimum Gasteiger partial charge on any atom is -0.352 e. The van der Waals surface area contributed by atoms with Crippen molar-refractivity contribution in [2.75, 3.05) is 13.1 Å². The summed E-state index contributed by atoms with van der Waals surface area (Å²) in [5.41, 5.74) is 8.31. The fourth-order valence-corrected chi connectivity index (χ4v) is 2.68. The van der Waals surface area contributed by atoms with Crippen molar-refractivity contribution < 1.29 is 4.79 Å². The van der Waals surface area contributed by atoms with Gasteiger partial charge in [-0.3, -0.25) is 4.79 Å². The Morgan fingerprint density at radius 2 is 2.15 bits per heavy atom. The number of nitrogens with two attached hydrogens (primary N) is 1. The van der Waals surface area contributed by atoms with E-state index in [0.29, 0.717) is 18.7 Å². The first-order valence-electron chi connectivity index (χ1n) is 6.68. The number of carbonyl (C=O) groups excluding carboxylic acids is 1. The van der Waals surface area contributed by atoms with E-state index in [1.54, 1.807) is 11.3 Å². The number of thiazole rings is 1. The summed E-state index contributed by atoms with van der Waals surface area (Å²) in [6, 6.07) is 7.59. The number of nitrogens with zero attached hydrogens (tertiary/aromatic N) is 1. The van der Waals surface area contributed by atoms with Crippen LogP contribution in [0.15, 0.2) is 29.6 Å². The summed E-state index contributed by atoms with van der Waals surface area (Å²) in [5, 5.41) is 6.03. The van der Waals surface area contributed by atoms with Crippen molar-refractivity contribution in [1.82, 2.24) is 10.3 Å². The molecule has 5 heteroatoms. The minimum atomic E-state index is -0.0407. The molecule has 3 N–H and O–H groups in total. The number of benzene rings is 1. The number of hydrogen-bond donors (Lipinski definition) is 2. The number of hydrogen-bond acceptors (Lipinski definition) is 4. The molecule has 0 aliphatic carbocycles. The van der Waals surface area contributed by atoms with Gasteiger partial charge in [0.15, 0.2) is 0 Å². The molecule has 0 aliphatic rings. The molecule has 1 aromatic carbocycles. The van der Waals surface area contributed by atoms with E-state index in [-0.39, 0.29) is 5.91 Å². The third-order valence-corrected chi connectivity index (χ3v) is 3.83. The van der Waals surface area contributed by atoms with E-state index in [9.17, 15) is 4.79 Å². The Morgan fingerprint density at radius 3 is 2.85 bits per heavy atom. The lowest BCUT2D eigenvalue weighted by Gasteiger charge is -2.09. The molecule has 106 valence electrons. The zero-order valence-electron chi connectivity index (χ0n) is 11.6. The molecule has 1 amide bonds. The first kappa shape index (κ1) is 14.7. The van der Waals surface area contributed by atoms with Crippen LogP contribution in [0.25, 0.3) is 0 Å². The van der Waals surface area contributed by atoms with Crippen LogP contribution in [0.3, 0.4) is 0 Å². The first-order chi connectivity index (χ1) is 9.70. The average molecular weight is 289 g/mol. The Morgan fingerprint density at radius 1 is 1.35 bits per heavy atom. The molecule has 0 saturated heterocycles. The molecule has 4 nitrogen and oxygen atoms in total. The van der Waals surface area contributed by atoms with Gasteiger partial charge < -0.3 is 11.1 Å². The fourth-order valence-electron chi connectivity index (χ4n) is 2.04. The summed E-state index contributed by atoms with van der Waals surface area (Å²) >= 11 is 1.63. The van der Waals surface area contributed by atoms with Gasteiger partial charge in [0.05, 0.1) is 10.7 Å². The lowest BCUT2D eigenvalue weighted by molar-refractivity contribution is 0.0953. The van der Waals surface area contributed by atoms with Crippen LogP contribution in [-0.2, 0) is 12.8 Å². The molecule has 2 aromatic rings. The Balaban J connectivity index is 1.91. The predicted molar refractivity (Wildman–Crippen MR) is 82.1 cm³/mol. The van der Waals surface area contributed by atoms with Gasteiger partial charge in [0.25, 0.3) is 5.91 Å². The molecule has 0 saturated carbocycles. The van der Waals surface area contributed by atoms with Gasteiger partial charge in [-0.25, -0.2) is 4.98 Å². The van der Waals surface area contributed by atoms with Crippen LogP contribution in [0.1, 0.15) is 26.6 Å². The van der Waals surface area contributed by atoms with Gasteiger partial charge in [-0.1, -0.05) is 18.2 Å². The maximum absolute atomic E-state index is 12.2. The van der Waals surface area contributed by atoms with Crippen LogP contribution in [0.2, 0.25) is 0 Å². The first-order valence-corrected chi connectivity index (χ1v) is 7.56. The van der Waals surface area contributed by atoms with Gasteiger partial charge >= 0.3 is 0 Å². The van der Waals surface area contributed by atoms with Crippen molar-refractivity contribution in [3.05, 3.63) is 51.5 Å². The standard InChI is InChI=1S/C15H19N3OS/c1-11-18-13(10-20-11)7-9-17-15(19)14-5-3-2-4-12(14)6-8-16/h2-5,10H,6-9,16H2,1H3,(H,17,19). The van der Waals surface area contributed by atoms with E-state index in [2.05, 4.69) is 10.3 Å². The monoisotopic (exact) mass is 289 g/mol. The number of rotatable bonds is 6. The molecule has 0 radical (unpaired) electrons. The molecule has 0 atom stereocenters. The van der Waals surface area contributed by atoms with Gasteiger partial charge in [-0.2, -0.15) is 0 Å². The predicted octanol–water partition coefficient (Wildman–Crippen LogP) is 1.93. The summed E-state index contributed by atoms with van der Waals surface area (Å²) in [5.74, 6) is -0.0407. The average Bonchev–Trinajstić information content (AvgIpc) is 2.85. The number of carbonyl (C=O) groups is 1. The van der Waals surface area contributed by atoms with Crippen molar-refractivity contribution in [2.24, 2.45) is 5.73 Å². The van der Waals surface area contributed by atoms with E-state index in [0.717, 1.165) is 29.1 Å². The van der Waals surface area contributed by atoms with Gasteiger partial charge in [-0.15, -0.1) is 11.3 Å². The molecule has 0 unspecified atom stereocenters. The van der Waals surface area contributed by atoms with E-state index in [4.69, 9.17) is 5.73 Å². The third-order valence-electron chi connectivity index (χ3n) is 3.01. The molecule has 0 bridgehead atoms. The molecule has 0 spiro atoms. The summed E-state index contributed by atoms with van der Waals surface area (Å²) in [6.07, 6.45) is 1.48. The Hall–Kier alpha value is -1.72. The highest BCUT2D eigenvalue weighted by Crippen LogP contribution is 2.10. The molecular formula is C15H19N3OS. The minimum absolute atomic E-state index is 0.0407. The van der Waals surface area contributed by atoms with Gasteiger partial charge in [-0.05, 0) is 31.5 Å². The molecule has 1 heterocycles. The van der Waals surface area contributed by atoms with E-state index >= 15 is 0 Å². The van der Waals surface area contributed by atoms with Crippen LogP contribution < -0.4 is 11.1 Å². The summed E-state index contributed by atoms with van der Waals surface area (Å²) in [4.78, 5) is 16.5. The van der Waals surface area contributed by atoms with Crippen molar-refractivity contribution in [1.29, 1.82) is 0 Å². The van der Waals surface area contributed by atoms with Crippen molar-refractivity contribution >= 4 is 17.2 Å². The number of amides is 1. The largest absolute Gasteiger partial charge is 0.352 e. The van der Waals surface area contributed by atoms with E-state index in [1.165, 1.54) is 0 Å². The fraction of sp³-hybridized carbons (Fsp3) is 0.333. The smallest absolute Gasteiger partial charge is 0.251 e. The second kappa shape index (κ2) is 7.17. The SMILES string of the molecule is Cc1nc(CCNC(=O)c2ccccc2CCN)cs1.